The van der Waals surface area contributed by atoms with Crippen LogP contribution in [0.4, 0.5) is 0 Å². The number of hydrogen-bond acceptors (Lipinski definition) is 5. The van der Waals surface area contributed by atoms with Crippen LogP contribution in [0.25, 0.3) is 0 Å². The van der Waals surface area contributed by atoms with Crippen LogP contribution in [-0.4, -0.2) is 124 Å². The SMILES string of the molecule is CCOCCCNC(=NCC(=O)N(C)C)N1CCN(CC(=O)N2CCCCCC2)CC1. The maximum atomic E-state index is 12.7. The van der Waals surface area contributed by atoms with Crippen molar-refractivity contribution >= 4 is 17.8 Å². The van der Waals surface area contributed by atoms with Gasteiger partial charge in [-0.15, -0.1) is 0 Å². The third kappa shape index (κ3) is 9.43. The van der Waals surface area contributed by atoms with Gasteiger partial charge in [0.2, 0.25) is 11.8 Å². The van der Waals surface area contributed by atoms with Crippen molar-refractivity contribution in [2.24, 2.45) is 4.99 Å². The van der Waals surface area contributed by atoms with Crippen molar-refractivity contribution < 1.29 is 14.3 Å². The minimum absolute atomic E-state index is 0.0182. The molecule has 0 unspecified atom stereocenters. The van der Waals surface area contributed by atoms with E-state index >= 15 is 0 Å². The zero-order valence-electron chi connectivity index (χ0n) is 19.8. The van der Waals surface area contributed by atoms with Crippen molar-refractivity contribution in [3.63, 3.8) is 0 Å². The quantitative estimate of drug-likeness (QED) is 0.320. The lowest BCUT2D eigenvalue weighted by atomic mass is 10.2. The lowest BCUT2D eigenvalue weighted by Crippen LogP contribution is -2.54. The Morgan fingerprint density at radius 3 is 2.26 bits per heavy atom. The lowest BCUT2D eigenvalue weighted by Gasteiger charge is -2.37. The highest BCUT2D eigenvalue weighted by Gasteiger charge is 2.24. The van der Waals surface area contributed by atoms with Crippen molar-refractivity contribution in [3.8, 4) is 0 Å². The molecule has 1 N–H and O–H groups in total. The molecule has 2 aliphatic rings. The first-order chi connectivity index (χ1) is 15.0. The second-order valence-electron chi connectivity index (χ2n) is 8.46. The molecule has 0 aromatic rings. The minimum atomic E-state index is -0.0182. The van der Waals surface area contributed by atoms with Gasteiger partial charge in [-0.2, -0.15) is 0 Å². The van der Waals surface area contributed by atoms with Crippen LogP contribution in [0.5, 0.6) is 0 Å². The second-order valence-corrected chi connectivity index (χ2v) is 8.46. The molecule has 2 rings (SSSR count). The summed E-state index contributed by atoms with van der Waals surface area (Å²) in [5.41, 5.74) is 0. The topological polar surface area (TPSA) is 80.7 Å². The number of aliphatic imine (C=N–C) groups is 1. The summed E-state index contributed by atoms with van der Waals surface area (Å²) in [5.74, 6) is 1.01. The van der Waals surface area contributed by atoms with Crippen molar-refractivity contribution in [2.45, 2.75) is 39.0 Å². The van der Waals surface area contributed by atoms with Crippen LogP contribution in [0.15, 0.2) is 4.99 Å². The Labute approximate surface area is 187 Å². The average molecular weight is 439 g/mol. The van der Waals surface area contributed by atoms with E-state index in [1.807, 2.05) is 11.8 Å². The van der Waals surface area contributed by atoms with Gasteiger partial charge in [-0.25, -0.2) is 4.99 Å². The van der Waals surface area contributed by atoms with Crippen molar-refractivity contribution in [1.82, 2.24) is 24.9 Å². The van der Waals surface area contributed by atoms with Gasteiger partial charge in [0.15, 0.2) is 5.96 Å². The Balaban J connectivity index is 1.83. The van der Waals surface area contributed by atoms with Crippen LogP contribution in [0, 0.1) is 0 Å². The number of nitrogens with one attached hydrogen (secondary N) is 1. The number of likely N-dealkylation sites (tertiary alicyclic amines) is 1. The molecule has 2 heterocycles. The summed E-state index contributed by atoms with van der Waals surface area (Å²) in [5, 5.41) is 3.39. The van der Waals surface area contributed by atoms with E-state index in [2.05, 4.69) is 20.1 Å². The summed E-state index contributed by atoms with van der Waals surface area (Å²) in [6.45, 7) is 9.84. The number of carbonyl (C=O) groups is 2. The van der Waals surface area contributed by atoms with Gasteiger partial charge < -0.3 is 24.8 Å². The smallest absolute Gasteiger partial charge is 0.243 e. The molecule has 178 valence electrons. The van der Waals surface area contributed by atoms with Crippen LogP contribution < -0.4 is 5.32 Å². The third-order valence-corrected chi connectivity index (χ3v) is 5.81. The van der Waals surface area contributed by atoms with Crippen LogP contribution >= 0.6 is 0 Å². The Hall–Kier alpha value is -1.87. The standard InChI is InChI=1S/C22H42N6O3/c1-4-31-17-9-10-23-22(24-18-20(29)25(2)3)28-15-13-26(14-16-28)19-21(30)27-11-7-5-6-8-12-27/h4-19H2,1-3H3,(H,23,24). The first-order valence-electron chi connectivity index (χ1n) is 11.8. The maximum Gasteiger partial charge on any atom is 0.243 e. The zero-order valence-corrected chi connectivity index (χ0v) is 19.8. The fourth-order valence-corrected chi connectivity index (χ4v) is 3.80. The van der Waals surface area contributed by atoms with Crippen molar-refractivity contribution in [1.29, 1.82) is 0 Å². The molecule has 0 radical (unpaired) electrons. The molecule has 2 saturated heterocycles. The molecule has 9 nitrogen and oxygen atoms in total. The van der Waals surface area contributed by atoms with Crippen LogP contribution in [0.1, 0.15) is 39.0 Å². The van der Waals surface area contributed by atoms with Crippen LogP contribution in [0.3, 0.4) is 0 Å². The molecule has 0 spiro atoms. The fourth-order valence-electron chi connectivity index (χ4n) is 3.80. The number of nitrogens with zero attached hydrogens (tertiary/aromatic N) is 5. The largest absolute Gasteiger partial charge is 0.382 e. The monoisotopic (exact) mass is 438 g/mol. The highest BCUT2D eigenvalue weighted by molar-refractivity contribution is 5.85. The molecule has 0 aromatic carbocycles. The van der Waals surface area contributed by atoms with E-state index in [0.717, 1.165) is 77.6 Å². The van der Waals surface area contributed by atoms with Crippen molar-refractivity contribution in [3.05, 3.63) is 0 Å². The van der Waals surface area contributed by atoms with Gasteiger partial charge in [-0.3, -0.25) is 14.5 Å². The summed E-state index contributed by atoms with van der Waals surface area (Å²) in [7, 11) is 3.49. The number of ether oxygens (including phenoxy) is 1. The van der Waals surface area contributed by atoms with Gasteiger partial charge in [0, 0.05) is 73.1 Å². The predicted octanol–water partition coefficient (Wildman–Crippen LogP) is 0.467. The summed E-state index contributed by atoms with van der Waals surface area (Å²) in [4.78, 5) is 37.3. The van der Waals surface area contributed by atoms with Gasteiger partial charge in [-0.1, -0.05) is 12.8 Å². The molecule has 9 heteroatoms. The molecule has 31 heavy (non-hydrogen) atoms. The Morgan fingerprint density at radius 2 is 1.65 bits per heavy atom. The Bertz CT molecular complexity index is 568. The number of guanidine groups is 1. The van der Waals surface area contributed by atoms with Crippen LogP contribution in [-0.2, 0) is 14.3 Å². The molecule has 0 aromatic heterocycles. The molecule has 0 aliphatic carbocycles. The van der Waals surface area contributed by atoms with E-state index < -0.39 is 0 Å². The first kappa shape index (κ1) is 25.4. The molecule has 0 saturated carbocycles. The lowest BCUT2D eigenvalue weighted by molar-refractivity contribution is -0.132. The summed E-state index contributed by atoms with van der Waals surface area (Å²) in [6, 6.07) is 0. The molecule has 2 aliphatic heterocycles. The van der Waals surface area contributed by atoms with E-state index in [1.54, 1.807) is 19.0 Å². The highest BCUT2D eigenvalue weighted by atomic mass is 16.5. The van der Waals surface area contributed by atoms with Gasteiger partial charge in [0.05, 0.1) is 6.54 Å². The molecule has 2 amide bonds. The van der Waals surface area contributed by atoms with Gasteiger partial charge in [0.25, 0.3) is 0 Å². The number of hydrogen-bond donors (Lipinski definition) is 1. The molecule has 0 atom stereocenters. The van der Waals surface area contributed by atoms with Gasteiger partial charge in [-0.05, 0) is 26.2 Å². The molecule has 0 bridgehead atoms. The summed E-state index contributed by atoms with van der Waals surface area (Å²) >= 11 is 0. The fraction of sp³-hybridized carbons (Fsp3) is 0.864. The summed E-state index contributed by atoms with van der Waals surface area (Å²) in [6.07, 6.45) is 5.61. The number of amides is 2. The Morgan fingerprint density at radius 1 is 0.968 bits per heavy atom. The minimum Gasteiger partial charge on any atom is -0.382 e. The second kappa shape index (κ2) is 14.2. The van der Waals surface area contributed by atoms with E-state index in [0.29, 0.717) is 13.2 Å². The number of piperazine rings is 1. The third-order valence-electron chi connectivity index (χ3n) is 5.81. The van der Waals surface area contributed by atoms with E-state index in [-0.39, 0.29) is 18.4 Å². The first-order valence-corrected chi connectivity index (χ1v) is 11.8. The number of likely N-dealkylation sites (N-methyl/N-ethyl adjacent to an activating group) is 1. The van der Waals surface area contributed by atoms with Crippen LogP contribution in [0.2, 0.25) is 0 Å². The summed E-state index contributed by atoms with van der Waals surface area (Å²) < 4.78 is 5.40. The number of carbonyl (C=O) groups excluding carboxylic acids is 2. The number of rotatable bonds is 9. The van der Waals surface area contributed by atoms with Gasteiger partial charge >= 0.3 is 0 Å². The average Bonchev–Trinajstić information content (AvgIpc) is 3.06. The molecular formula is C22H42N6O3. The van der Waals surface area contributed by atoms with E-state index in [4.69, 9.17) is 4.74 Å². The Kier molecular flexibility index (Phi) is 11.7. The van der Waals surface area contributed by atoms with Gasteiger partial charge in [0.1, 0.15) is 6.54 Å². The zero-order chi connectivity index (χ0) is 22.5. The normalized spacial score (nSPS) is 18.6. The van der Waals surface area contributed by atoms with Crippen molar-refractivity contribution in [2.75, 3.05) is 86.2 Å². The molecular weight excluding hydrogens is 396 g/mol. The molecule has 2 fully saturated rings. The predicted molar refractivity (Wildman–Crippen MR) is 123 cm³/mol. The highest BCUT2D eigenvalue weighted by Crippen LogP contribution is 2.11. The van der Waals surface area contributed by atoms with E-state index in [9.17, 15) is 9.59 Å². The van der Waals surface area contributed by atoms with E-state index in [1.165, 1.54) is 12.8 Å². The maximum absolute atomic E-state index is 12.7.